The number of aromatic amines is 1. The molecule has 2 fully saturated rings. The first-order chi connectivity index (χ1) is 27.2. The zero-order valence-corrected chi connectivity index (χ0v) is 31.3. The number of aliphatic hydroxyl groups excluding tert-OH is 1. The number of hydrogen-bond acceptors (Lipinski definition) is 9. The number of carbonyl (C=O) groups is 1. The van der Waals surface area contributed by atoms with Crippen molar-refractivity contribution in [3.63, 3.8) is 0 Å². The fourth-order valence-electron chi connectivity index (χ4n) is 10.4. The molecule has 1 heterocycles. The predicted molar refractivity (Wildman–Crippen MR) is 211 cm³/mol. The van der Waals surface area contributed by atoms with Crippen molar-refractivity contribution < 1.29 is 39.8 Å². The second-order valence-corrected chi connectivity index (χ2v) is 16.0. The minimum atomic E-state index is -0.938. The standard InChI is InChI=1S/C46H50N2O8/c47-25-56-40-18-27(10-12-38(40)51)9-11-37(50)35-20-30(16-28-13-14-48-23-28)34-21-32-19-31(15-26-5-2-1-3-6-26)41(43(34)44(35)53)36-22-39(52)45(54)46(42(32)36)55-24-29-7-4-8-33(49)17-29/h1-8,10,12-14,17-18,22-23,30-32,34-35,41,43-44,48-49,51-54H,9,11,15-16,19-21,24-25,47H2/t30-,31+,32+,34+,35-,41+,43+,44-/m0/s1. The summed E-state index contributed by atoms with van der Waals surface area (Å²) in [4.78, 5) is 17.6. The lowest BCUT2D eigenvalue weighted by Gasteiger charge is -2.48. The number of aromatic nitrogens is 1. The maximum atomic E-state index is 14.4. The van der Waals surface area contributed by atoms with E-state index in [1.807, 2.05) is 36.7 Å². The first kappa shape index (κ1) is 37.5. The number of nitrogens with one attached hydrogen (secondary N) is 1. The van der Waals surface area contributed by atoms with Gasteiger partial charge in [0, 0.05) is 30.3 Å². The summed E-state index contributed by atoms with van der Waals surface area (Å²) in [5.74, 6) is -0.990. The van der Waals surface area contributed by atoms with Gasteiger partial charge in [0.05, 0.1) is 6.10 Å². The minimum absolute atomic E-state index is 0.00768. The highest BCUT2D eigenvalue weighted by Crippen LogP contribution is 2.64. The van der Waals surface area contributed by atoms with Gasteiger partial charge in [0.2, 0.25) is 5.75 Å². The monoisotopic (exact) mass is 758 g/mol. The van der Waals surface area contributed by atoms with Gasteiger partial charge in [0.1, 0.15) is 24.9 Å². The molecule has 292 valence electrons. The van der Waals surface area contributed by atoms with E-state index in [4.69, 9.17) is 15.2 Å². The SMILES string of the molecule is NCOc1cc(CCC(=O)[C@@H]2C[C@H](Cc3cc[nH]c3)[C@H]3C[C@H]4C[C@@H](Cc5ccccc5)[C@H](c5cc(O)c(O)c(OCc6cccc(O)c6)c54)[C@@H]3[C@H]2O)ccc1O. The molecule has 0 spiro atoms. The Morgan fingerprint density at radius 1 is 0.786 bits per heavy atom. The molecule has 56 heavy (non-hydrogen) atoms. The number of aliphatic hydroxyl groups is 1. The van der Waals surface area contributed by atoms with Crippen LogP contribution in [0.3, 0.4) is 0 Å². The molecular weight excluding hydrogens is 709 g/mol. The number of rotatable bonds is 13. The average molecular weight is 759 g/mol. The van der Waals surface area contributed by atoms with E-state index in [1.165, 1.54) is 5.56 Å². The molecule has 0 aliphatic heterocycles. The molecule has 0 saturated heterocycles. The number of ketones is 1. The summed E-state index contributed by atoms with van der Waals surface area (Å²) in [7, 11) is 0. The molecule has 4 aliphatic rings. The van der Waals surface area contributed by atoms with Crippen molar-refractivity contribution in [2.24, 2.45) is 35.3 Å². The van der Waals surface area contributed by atoms with Crippen LogP contribution in [0.25, 0.3) is 0 Å². The van der Waals surface area contributed by atoms with Crippen molar-refractivity contribution in [3.05, 3.63) is 131 Å². The largest absolute Gasteiger partial charge is 0.508 e. The fraction of sp³-hybridized carbons (Fsp3) is 0.370. The smallest absolute Gasteiger partial charge is 0.200 e. The molecule has 8 N–H and O–H groups in total. The third-order valence-electron chi connectivity index (χ3n) is 12.7. The lowest BCUT2D eigenvalue weighted by Crippen LogP contribution is -2.49. The van der Waals surface area contributed by atoms with E-state index in [9.17, 15) is 30.3 Å². The van der Waals surface area contributed by atoms with Crippen LogP contribution in [0.15, 0.2) is 97.3 Å². The van der Waals surface area contributed by atoms with E-state index >= 15 is 0 Å². The van der Waals surface area contributed by atoms with Gasteiger partial charge in [-0.15, -0.1) is 0 Å². The van der Waals surface area contributed by atoms with E-state index in [0.717, 1.165) is 53.5 Å². The van der Waals surface area contributed by atoms with Gasteiger partial charge < -0.3 is 40.0 Å². The molecule has 10 nitrogen and oxygen atoms in total. The van der Waals surface area contributed by atoms with Gasteiger partial charge in [-0.05, 0) is 138 Å². The fourth-order valence-corrected chi connectivity index (χ4v) is 10.4. The highest BCUT2D eigenvalue weighted by Gasteiger charge is 2.56. The Balaban J connectivity index is 1.19. The number of H-pyrrole nitrogens is 1. The summed E-state index contributed by atoms with van der Waals surface area (Å²) in [6.45, 7) is -0.0139. The Morgan fingerprint density at radius 2 is 1.59 bits per heavy atom. The molecule has 1 aromatic heterocycles. The van der Waals surface area contributed by atoms with E-state index in [1.54, 1.807) is 42.5 Å². The Kier molecular flexibility index (Phi) is 10.7. The molecule has 2 saturated carbocycles. The normalized spacial score (nSPS) is 25.2. The first-order valence-corrected chi connectivity index (χ1v) is 19.7. The molecule has 2 bridgehead atoms. The van der Waals surface area contributed by atoms with E-state index in [-0.39, 0.29) is 95.5 Å². The summed E-state index contributed by atoms with van der Waals surface area (Å²) in [6, 6.07) is 25.9. The molecule has 4 aromatic carbocycles. The van der Waals surface area contributed by atoms with Crippen LogP contribution in [0.1, 0.15) is 70.9 Å². The summed E-state index contributed by atoms with van der Waals surface area (Å²) < 4.78 is 11.8. The number of benzene rings is 4. The molecule has 0 unspecified atom stereocenters. The molecular formula is C46H50N2O8. The van der Waals surface area contributed by atoms with Crippen molar-refractivity contribution in [2.75, 3.05) is 6.73 Å². The molecule has 10 heteroatoms. The van der Waals surface area contributed by atoms with Crippen LogP contribution in [0.5, 0.6) is 34.5 Å². The number of nitrogens with two attached hydrogens (primary N) is 1. The van der Waals surface area contributed by atoms with Gasteiger partial charge >= 0.3 is 0 Å². The third kappa shape index (κ3) is 7.43. The van der Waals surface area contributed by atoms with Crippen LogP contribution in [0, 0.1) is 29.6 Å². The number of Topliss-reactive ketones (excluding diaryl/α,β-unsaturated/α-hetero) is 1. The number of phenols is 4. The van der Waals surface area contributed by atoms with Crippen molar-refractivity contribution in [1.82, 2.24) is 4.98 Å². The van der Waals surface area contributed by atoms with Gasteiger partial charge in [-0.2, -0.15) is 0 Å². The van der Waals surface area contributed by atoms with Gasteiger partial charge in [-0.3, -0.25) is 10.5 Å². The van der Waals surface area contributed by atoms with Gasteiger partial charge in [-0.25, -0.2) is 0 Å². The van der Waals surface area contributed by atoms with E-state index < -0.39 is 12.0 Å². The van der Waals surface area contributed by atoms with Crippen LogP contribution < -0.4 is 15.2 Å². The van der Waals surface area contributed by atoms with Crippen molar-refractivity contribution >= 4 is 5.78 Å². The number of phenolic OH excluding ortho intramolecular Hbond substituents is 4. The Labute approximate surface area is 326 Å². The lowest BCUT2D eigenvalue weighted by molar-refractivity contribution is -0.135. The van der Waals surface area contributed by atoms with Crippen LogP contribution in [-0.4, -0.2) is 49.1 Å². The Bertz CT molecular complexity index is 2150. The Hall–Kier alpha value is -5.45. The zero-order chi connectivity index (χ0) is 38.9. The van der Waals surface area contributed by atoms with Gasteiger partial charge in [0.25, 0.3) is 0 Å². The maximum Gasteiger partial charge on any atom is 0.200 e. The van der Waals surface area contributed by atoms with E-state index in [2.05, 4.69) is 23.2 Å². The number of carbonyl (C=O) groups excluding carboxylic acids is 1. The zero-order valence-electron chi connectivity index (χ0n) is 31.3. The third-order valence-corrected chi connectivity index (χ3v) is 12.7. The summed E-state index contributed by atoms with van der Waals surface area (Å²) in [6.07, 6.45) is 7.18. The quantitative estimate of drug-likeness (QED) is 0.0483. The average Bonchev–Trinajstić information content (AvgIpc) is 3.59. The lowest BCUT2D eigenvalue weighted by atomic mass is 9.57. The van der Waals surface area contributed by atoms with E-state index in [0.29, 0.717) is 12.8 Å². The highest BCUT2D eigenvalue weighted by atomic mass is 16.5. The van der Waals surface area contributed by atoms with Crippen LogP contribution in [0.4, 0.5) is 0 Å². The molecule has 9 rings (SSSR count). The van der Waals surface area contributed by atoms with Crippen LogP contribution in [-0.2, 0) is 30.7 Å². The van der Waals surface area contributed by atoms with Crippen molar-refractivity contribution in [1.29, 1.82) is 0 Å². The molecule has 0 radical (unpaired) electrons. The number of aromatic hydroxyl groups is 4. The predicted octanol–water partition coefficient (Wildman–Crippen LogP) is 7.22. The second-order valence-electron chi connectivity index (χ2n) is 16.0. The molecule has 0 amide bonds. The van der Waals surface area contributed by atoms with Crippen molar-refractivity contribution in [2.45, 2.75) is 69.5 Å². The second kappa shape index (κ2) is 16.0. The Morgan fingerprint density at radius 3 is 2.36 bits per heavy atom. The first-order valence-electron chi connectivity index (χ1n) is 19.7. The summed E-state index contributed by atoms with van der Waals surface area (Å²) in [5.41, 5.74) is 11.2. The topological polar surface area (TPSA) is 178 Å². The number of fused-ring (bicyclic) bond motifs is 1. The summed E-state index contributed by atoms with van der Waals surface area (Å²) in [5, 5.41) is 55.8. The maximum absolute atomic E-state index is 14.4. The van der Waals surface area contributed by atoms with Crippen LogP contribution >= 0.6 is 0 Å². The number of hydrogen-bond donors (Lipinski definition) is 7. The number of aryl methyl sites for hydroxylation is 1. The van der Waals surface area contributed by atoms with Gasteiger partial charge in [-0.1, -0.05) is 48.5 Å². The van der Waals surface area contributed by atoms with Crippen molar-refractivity contribution in [3.8, 4) is 34.5 Å². The molecule has 5 aromatic rings. The summed E-state index contributed by atoms with van der Waals surface area (Å²) >= 11 is 0. The van der Waals surface area contributed by atoms with Crippen LogP contribution in [0.2, 0.25) is 0 Å². The molecule has 4 aliphatic carbocycles. The van der Waals surface area contributed by atoms with Gasteiger partial charge in [0.15, 0.2) is 23.0 Å². The molecule has 8 atom stereocenters. The minimum Gasteiger partial charge on any atom is -0.508 e. The number of ether oxygens (including phenoxy) is 2. The highest BCUT2D eigenvalue weighted by molar-refractivity contribution is 5.82.